The zero-order valence-electron chi connectivity index (χ0n) is 12.4. The highest BCUT2D eigenvalue weighted by Gasteiger charge is 2.56. The van der Waals surface area contributed by atoms with Gasteiger partial charge in [-0.3, -0.25) is 10.1 Å². The van der Waals surface area contributed by atoms with Crippen LogP contribution in [0, 0.1) is 0 Å². The molecule has 1 aromatic heterocycles. The Morgan fingerprint density at radius 2 is 2.14 bits per heavy atom. The molecular weight excluding hydrogens is 284 g/mol. The van der Waals surface area contributed by atoms with E-state index in [2.05, 4.69) is 27.7 Å². The van der Waals surface area contributed by atoms with E-state index in [0.717, 1.165) is 38.5 Å². The second kappa shape index (κ2) is 5.07. The van der Waals surface area contributed by atoms with Crippen molar-refractivity contribution >= 4 is 17.2 Å². The molecule has 1 aromatic rings. The fourth-order valence-corrected chi connectivity index (χ4v) is 4.86. The normalized spacial score (nSPS) is 34.6. The summed E-state index contributed by atoms with van der Waals surface area (Å²) < 4.78 is 5.40. The van der Waals surface area contributed by atoms with Gasteiger partial charge in [0, 0.05) is 18.0 Å². The molecule has 1 spiro atoms. The summed E-state index contributed by atoms with van der Waals surface area (Å²) in [6.45, 7) is 0. The third-order valence-electron chi connectivity index (χ3n) is 5.40. The predicted molar refractivity (Wildman–Crippen MR) is 82.1 cm³/mol. The van der Waals surface area contributed by atoms with Crippen molar-refractivity contribution in [2.45, 2.75) is 62.4 Å². The highest BCUT2D eigenvalue weighted by atomic mass is 32.1. The first-order valence-corrected chi connectivity index (χ1v) is 8.78. The van der Waals surface area contributed by atoms with Gasteiger partial charge in [0.1, 0.15) is 6.17 Å². The lowest BCUT2D eigenvalue weighted by Crippen LogP contribution is -2.51. The van der Waals surface area contributed by atoms with Crippen molar-refractivity contribution in [1.29, 1.82) is 0 Å². The first kappa shape index (κ1) is 13.7. The van der Waals surface area contributed by atoms with Crippen LogP contribution in [0.5, 0.6) is 0 Å². The average Bonchev–Trinajstić information content (AvgIpc) is 3.14. The van der Waals surface area contributed by atoms with Crippen molar-refractivity contribution in [3.63, 3.8) is 0 Å². The minimum atomic E-state index is -0.285. The minimum Gasteiger partial charge on any atom is -0.381 e. The number of hydrogen-bond donors (Lipinski definition) is 1. The number of methoxy groups -OCH3 is 1. The molecule has 4 nitrogen and oxygen atoms in total. The highest BCUT2D eigenvalue weighted by Crippen LogP contribution is 2.45. The van der Waals surface area contributed by atoms with Crippen LogP contribution < -0.4 is 5.32 Å². The van der Waals surface area contributed by atoms with Gasteiger partial charge in [0.05, 0.1) is 11.6 Å². The number of carbonyl (C=O) groups is 1. The van der Waals surface area contributed by atoms with Crippen molar-refractivity contribution in [2.75, 3.05) is 7.11 Å². The van der Waals surface area contributed by atoms with Crippen LogP contribution in [-0.4, -0.2) is 35.6 Å². The van der Waals surface area contributed by atoms with Crippen molar-refractivity contribution in [1.82, 2.24) is 10.2 Å². The van der Waals surface area contributed by atoms with E-state index in [1.807, 2.05) is 0 Å². The lowest BCUT2D eigenvalue weighted by atomic mass is 9.86. The Bertz CT molecular complexity index is 518. The largest absolute Gasteiger partial charge is 0.381 e. The number of nitrogens with zero attached hydrogens (tertiary/aromatic N) is 1. The zero-order chi connectivity index (χ0) is 14.4. The number of ether oxygens (including phenoxy) is 1. The molecule has 0 aromatic carbocycles. The van der Waals surface area contributed by atoms with Crippen LogP contribution in [-0.2, 0) is 9.53 Å². The van der Waals surface area contributed by atoms with E-state index in [-0.39, 0.29) is 11.7 Å². The quantitative estimate of drug-likeness (QED) is 0.933. The van der Waals surface area contributed by atoms with E-state index in [4.69, 9.17) is 4.74 Å². The summed E-state index contributed by atoms with van der Waals surface area (Å²) in [4.78, 5) is 16.5. The fourth-order valence-electron chi connectivity index (χ4n) is 4.08. The Labute approximate surface area is 129 Å². The molecule has 1 unspecified atom stereocenters. The Kier molecular flexibility index (Phi) is 3.32. The van der Waals surface area contributed by atoms with E-state index in [0.29, 0.717) is 18.1 Å². The van der Waals surface area contributed by atoms with Crippen molar-refractivity contribution in [2.24, 2.45) is 0 Å². The maximum Gasteiger partial charge on any atom is 0.244 e. The summed E-state index contributed by atoms with van der Waals surface area (Å²) in [6.07, 6.45) is 6.65. The summed E-state index contributed by atoms with van der Waals surface area (Å²) in [5, 5.41) is 5.79. The van der Waals surface area contributed by atoms with E-state index >= 15 is 0 Å². The summed E-state index contributed by atoms with van der Waals surface area (Å²) in [6, 6.07) is 4.55. The molecule has 3 fully saturated rings. The molecule has 1 saturated heterocycles. The van der Waals surface area contributed by atoms with Gasteiger partial charge in [-0.1, -0.05) is 18.9 Å². The van der Waals surface area contributed by atoms with Gasteiger partial charge < -0.3 is 9.64 Å². The standard InChI is InChI=1S/C16H22N2O2S/c1-20-12-9-11(10-12)18-14(13-5-4-8-21-13)17-16(15(18)19)6-2-3-7-16/h4-5,8,11-12,14,17H,2-3,6-7,9-10H2,1H3. The molecule has 114 valence electrons. The molecule has 1 amide bonds. The molecular formula is C16H22N2O2S. The lowest BCUT2D eigenvalue weighted by Gasteiger charge is -2.42. The van der Waals surface area contributed by atoms with Crippen molar-refractivity contribution < 1.29 is 9.53 Å². The average molecular weight is 306 g/mol. The number of carbonyl (C=O) groups excluding carboxylic acids is 1. The number of hydrogen-bond acceptors (Lipinski definition) is 4. The van der Waals surface area contributed by atoms with Gasteiger partial charge in [-0.25, -0.2) is 0 Å². The molecule has 2 heterocycles. The van der Waals surface area contributed by atoms with Crippen LogP contribution in [0.15, 0.2) is 17.5 Å². The molecule has 0 radical (unpaired) electrons. The van der Waals surface area contributed by atoms with Crippen LogP contribution >= 0.6 is 11.3 Å². The summed E-state index contributed by atoms with van der Waals surface area (Å²) in [5.74, 6) is 0.331. The number of rotatable bonds is 3. The van der Waals surface area contributed by atoms with Crippen LogP contribution in [0.2, 0.25) is 0 Å². The molecule has 4 rings (SSSR count). The predicted octanol–water partition coefficient (Wildman–Crippen LogP) is 2.67. The first-order chi connectivity index (χ1) is 10.2. The number of nitrogens with one attached hydrogen (secondary N) is 1. The third kappa shape index (κ3) is 2.05. The second-order valence-corrected chi connectivity index (χ2v) is 7.53. The highest BCUT2D eigenvalue weighted by molar-refractivity contribution is 7.10. The molecule has 0 bridgehead atoms. The molecule has 2 aliphatic carbocycles. The van der Waals surface area contributed by atoms with Crippen molar-refractivity contribution in [3.05, 3.63) is 22.4 Å². The zero-order valence-corrected chi connectivity index (χ0v) is 13.2. The monoisotopic (exact) mass is 306 g/mol. The third-order valence-corrected chi connectivity index (χ3v) is 6.33. The summed E-state index contributed by atoms with van der Waals surface area (Å²) >= 11 is 1.74. The van der Waals surface area contributed by atoms with Gasteiger partial charge in [-0.2, -0.15) is 0 Å². The Hall–Kier alpha value is -0.910. The van der Waals surface area contributed by atoms with E-state index in [1.165, 1.54) is 4.88 Å². The van der Waals surface area contributed by atoms with Gasteiger partial charge in [-0.15, -0.1) is 11.3 Å². The maximum absolute atomic E-state index is 13.1. The second-order valence-electron chi connectivity index (χ2n) is 6.55. The lowest BCUT2D eigenvalue weighted by molar-refractivity contribution is -0.140. The molecule has 1 aliphatic heterocycles. The van der Waals surface area contributed by atoms with Crippen LogP contribution in [0.4, 0.5) is 0 Å². The molecule has 3 aliphatic rings. The molecule has 1 atom stereocenters. The fraction of sp³-hybridized carbons (Fsp3) is 0.688. The number of thiophene rings is 1. The topological polar surface area (TPSA) is 41.6 Å². The van der Waals surface area contributed by atoms with Gasteiger partial charge >= 0.3 is 0 Å². The number of amides is 1. The van der Waals surface area contributed by atoms with Gasteiger partial charge in [0.2, 0.25) is 5.91 Å². The first-order valence-electron chi connectivity index (χ1n) is 7.90. The minimum absolute atomic E-state index is 0.0680. The Balaban J connectivity index is 1.62. The van der Waals surface area contributed by atoms with Gasteiger partial charge in [0.15, 0.2) is 0 Å². The van der Waals surface area contributed by atoms with Gasteiger partial charge in [0.25, 0.3) is 0 Å². The summed E-state index contributed by atoms with van der Waals surface area (Å²) in [5.41, 5.74) is -0.285. The molecule has 21 heavy (non-hydrogen) atoms. The molecule has 2 saturated carbocycles. The van der Waals surface area contributed by atoms with E-state index in [9.17, 15) is 4.79 Å². The van der Waals surface area contributed by atoms with Gasteiger partial charge in [-0.05, 0) is 37.1 Å². The maximum atomic E-state index is 13.1. The molecule has 5 heteroatoms. The van der Waals surface area contributed by atoms with Crippen LogP contribution in [0.25, 0.3) is 0 Å². The van der Waals surface area contributed by atoms with Crippen molar-refractivity contribution in [3.8, 4) is 0 Å². The SMILES string of the molecule is COC1CC(N2C(=O)C3(CCCC3)NC2c2cccs2)C1. The Morgan fingerprint density at radius 1 is 1.38 bits per heavy atom. The van der Waals surface area contributed by atoms with Crippen LogP contribution in [0.1, 0.15) is 49.6 Å². The van der Waals surface area contributed by atoms with Crippen LogP contribution in [0.3, 0.4) is 0 Å². The van der Waals surface area contributed by atoms with E-state index < -0.39 is 0 Å². The Morgan fingerprint density at radius 3 is 2.76 bits per heavy atom. The van der Waals surface area contributed by atoms with E-state index in [1.54, 1.807) is 18.4 Å². The smallest absolute Gasteiger partial charge is 0.244 e. The summed E-state index contributed by atoms with van der Waals surface area (Å²) in [7, 11) is 1.76. The molecule has 1 N–H and O–H groups in total.